The number of rotatable bonds is 3. The lowest BCUT2D eigenvalue weighted by molar-refractivity contribution is 0.589. The lowest BCUT2D eigenvalue weighted by Crippen LogP contribution is -2.26. The molecule has 2 aromatic rings. The van der Waals surface area contributed by atoms with Gasteiger partial charge in [-0.05, 0) is 36.4 Å². The molecule has 0 saturated carbocycles. The van der Waals surface area contributed by atoms with Crippen LogP contribution in [0, 0.1) is 11.6 Å². The van der Waals surface area contributed by atoms with Crippen molar-refractivity contribution in [2.24, 2.45) is 0 Å². The van der Waals surface area contributed by atoms with Crippen molar-refractivity contribution >= 4 is 21.4 Å². The number of sulfonamides is 1. The molecule has 0 amide bonds. The van der Waals surface area contributed by atoms with Gasteiger partial charge < -0.3 is 5.73 Å². The van der Waals surface area contributed by atoms with Crippen molar-refractivity contribution in [3.8, 4) is 0 Å². The summed E-state index contributed by atoms with van der Waals surface area (Å²) >= 11 is 0. The Kier molecular flexibility index (Phi) is 3.63. The molecule has 106 valence electrons. The Labute approximate surface area is 115 Å². The summed E-state index contributed by atoms with van der Waals surface area (Å²) in [7, 11) is -2.75. The topological polar surface area (TPSA) is 63.4 Å². The van der Waals surface area contributed by atoms with E-state index in [0.717, 1.165) is 28.6 Å². The van der Waals surface area contributed by atoms with Gasteiger partial charge in [-0.1, -0.05) is 6.07 Å². The smallest absolute Gasteiger partial charge is 0.264 e. The summed E-state index contributed by atoms with van der Waals surface area (Å²) in [4.78, 5) is -0.290. The molecule has 2 aromatic carbocycles. The normalized spacial score (nSPS) is 11.3. The van der Waals surface area contributed by atoms with Crippen LogP contribution < -0.4 is 10.0 Å². The third-order valence-electron chi connectivity index (χ3n) is 2.72. The molecule has 0 aliphatic heterocycles. The Morgan fingerprint density at radius 2 is 1.75 bits per heavy atom. The minimum Gasteiger partial charge on any atom is -0.399 e. The molecule has 20 heavy (non-hydrogen) atoms. The molecule has 2 rings (SSSR count). The Morgan fingerprint density at radius 3 is 2.35 bits per heavy atom. The molecule has 0 bridgehead atoms. The zero-order valence-electron chi connectivity index (χ0n) is 10.5. The van der Waals surface area contributed by atoms with Gasteiger partial charge in [-0.15, -0.1) is 0 Å². The van der Waals surface area contributed by atoms with E-state index < -0.39 is 21.7 Å². The second-order valence-electron chi connectivity index (χ2n) is 4.17. The predicted octanol–water partition coefficient (Wildman–Crippen LogP) is 2.37. The fraction of sp³-hybridized carbons (Fsp3) is 0.0769. The first kappa shape index (κ1) is 14.3. The number of halogens is 2. The van der Waals surface area contributed by atoms with E-state index in [-0.39, 0.29) is 16.3 Å². The summed E-state index contributed by atoms with van der Waals surface area (Å²) in [6.07, 6.45) is 0. The van der Waals surface area contributed by atoms with Gasteiger partial charge >= 0.3 is 0 Å². The molecule has 0 radical (unpaired) electrons. The molecule has 0 aliphatic carbocycles. The highest BCUT2D eigenvalue weighted by Crippen LogP contribution is 2.24. The van der Waals surface area contributed by atoms with Crippen molar-refractivity contribution in [1.82, 2.24) is 0 Å². The van der Waals surface area contributed by atoms with Crippen LogP contribution in [0.3, 0.4) is 0 Å². The van der Waals surface area contributed by atoms with E-state index in [1.54, 1.807) is 0 Å². The van der Waals surface area contributed by atoms with E-state index in [4.69, 9.17) is 5.73 Å². The first-order valence-electron chi connectivity index (χ1n) is 5.61. The predicted molar refractivity (Wildman–Crippen MR) is 72.8 cm³/mol. The van der Waals surface area contributed by atoms with E-state index in [1.165, 1.54) is 25.2 Å². The van der Waals surface area contributed by atoms with E-state index in [2.05, 4.69) is 0 Å². The monoisotopic (exact) mass is 298 g/mol. The van der Waals surface area contributed by atoms with E-state index in [0.29, 0.717) is 0 Å². The largest absolute Gasteiger partial charge is 0.399 e. The maximum Gasteiger partial charge on any atom is 0.264 e. The van der Waals surface area contributed by atoms with Crippen molar-refractivity contribution < 1.29 is 17.2 Å². The van der Waals surface area contributed by atoms with Gasteiger partial charge in [0.05, 0.1) is 10.6 Å². The van der Waals surface area contributed by atoms with Crippen molar-refractivity contribution in [3.05, 3.63) is 54.1 Å². The first-order valence-corrected chi connectivity index (χ1v) is 7.05. The summed E-state index contributed by atoms with van der Waals surface area (Å²) in [6, 6.07) is 8.11. The molecule has 2 N–H and O–H groups in total. The second-order valence-corrected chi connectivity index (χ2v) is 6.14. The Balaban J connectivity index is 2.49. The highest BCUT2D eigenvalue weighted by molar-refractivity contribution is 7.92. The highest BCUT2D eigenvalue weighted by atomic mass is 32.2. The third kappa shape index (κ3) is 2.72. The third-order valence-corrected chi connectivity index (χ3v) is 4.49. The molecule has 0 aromatic heterocycles. The summed E-state index contributed by atoms with van der Waals surface area (Å²) in [5.41, 5.74) is 5.56. The molecule has 0 heterocycles. The molecule has 0 saturated heterocycles. The Morgan fingerprint density at radius 1 is 1.05 bits per heavy atom. The van der Waals surface area contributed by atoms with Crippen LogP contribution in [0.25, 0.3) is 0 Å². The van der Waals surface area contributed by atoms with Gasteiger partial charge in [0, 0.05) is 12.7 Å². The molecular formula is C13H12F2N2O2S. The van der Waals surface area contributed by atoms with Crippen LogP contribution in [0.5, 0.6) is 0 Å². The van der Waals surface area contributed by atoms with E-state index >= 15 is 0 Å². The van der Waals surface area contributed by atoms with Crippen molar-refractivity contribution in [1.29, 1.82) is 0 Å². The highest BCUT2D eigenvalue weighted by Gasteiger charge is 2.22. The fourth-order valence-electron chi connectivity index (χ4n) is 1.70. The van der Waals surface area contributed by atoms with Crippen LogP contribution in [-0.2, 0) is 10.0 Å². The number of nitrogens with two attached hydrogens (primary N) is 1. The Bertz CT molecular complexity index is 728. The average molecular weight is 298 g/mol. The van der Waals surface area contributed by atoms with Crippen molar-refractivity contribution in [2.75, 3.05) is 17.1 Å². The fourth-order valence-corrected chi connectivity index (χ4v) is 2.96. The Hall–Kier alpha value is -2.15. The zero-order valence-corrected chi connectivity index (χ0v) is 11.4. The van der Waals surface area contributed by atoms with Gasteiger partial charge in [0.2, 0.25) is 0 Å². The van der Waals surface area contributed by atoms with Gasteiger partial charge in [-0.25, -0.2) is 17.2 Å². The number of nitrogens with zero attached hydrogens (tertiary/aromatic N) is 1. The number of hydrogen-bond donors (Lipinski definition) is 1. The molecule has 7 heteroatoms. The minimum atomic E-state index is -4.01. The lowest BCUT2D eigenvalue weighted by Gasteiger charge is -2.19. The number of anilines is 2. The van der Waals surface area contributed by atoms with Crippen molar-refractivity contribution in [2.45, 2.75) is 4.90 Å². The van der Waals surface area contributed by atoms with Crippen LogP contribution in [-0.4, -0.2) is 15.5 Å². The summed E-state index contributed by atoms with van der Waals surface area (Å²) in [5.74, 6) is -1.32. The van der Waals surface area contributed by atoms with Crippen LogP contribution in [0.1, 0.15) is 0 Å². The number of hydrogen-bond acceptors (Lipinski definition) is 3. The van der Waals surface area contributed by atoms with Crippen molar-refractivity contribution in [3.63, 3.8) is 0 Å². The summed E-state index contributed by atoms with van der Waals surface area (Å²) < 4.78 is 51.9. The van der Waals surface area contributed by atoms with Gasteiger partial charge in [-0.3, -0.25) is 4.31 Å². The molecule has 0 spiro atoms. The summed E-state index contributed by atoms with van der Waals surface area (Å²) in [6.45, 7) is 0. The van der Waals surface area contributed by atoms with Crippen LogP contribution in [0.4, 0.5) is 20.2 Å². The minimum absolute atomic E-state index is 0.00350. The maximum absolute atomic E-state index is 13.3. The van der Waals surface area contributed by atoms with E-state index in [9.17, 15) is 17.2 Å². The SMILES string of the molecule is CN(c1cccc(F)c1)S(=O)(=O)c1cc(N)cc(F)c1. The maximum atomic E-state index is 13.3. The number of nitrogen functional groups attached to an aromatic ring is 1. The molecule has 4 nitrogen and oxygen atoms in total. The van der Waals surface area contributed by atoms with Crippen LogP contribution in [0.2, 0.25) is 0 Å². The lowest BCUT2D eigenvalue weighted by atomic mass is 10.3. The average Bonchev–Trinajstić information content (AvgIpc) is 2.36. The second kappa shape index (κ2) is 5.09. The van der Waals surface area contributed by atoms with Gasteiger partial charge in [0.15, 0.2) is 0 Å². The number of benzene rings is 2. The zero-order chi connectivity index (χ0) is 14.9. The molecule has 0 unspecified atom stereocenters. The van der Waals surface area contributed by atoms with Crippen LogP contribution >= 0.6 is 0 Å². The van der Waals surface area contributed by atoms with Gasteiger partial charge in [0.25, 0.3) is 10.0 Å². The van der Waals surface area contributed by atoms with E-state index in [1.807, 2.05) is 0 Å². The summed E-state index contributed by atoms with van der Waals surface area (Å²) in [5, 5.41) is 0. The standard InChI is InChI=1S/C13H12F2N2O2S/c1-17(12-4-2-3-9(14)6-12)20(18,19)13-7-10(15)5-11(16)8-13/h2-8H,16H2,1H3. The first-order chi connectivity index (χ1) is 9.30. The van der Waals surface area contributed by atoms with Crippen LogP contribution in [0.15, 0.2) is 47.4 Å². The molecule has 0 aliphatic rings. The molecule has 0 fully saturated rings. The molecular weight excluding hydrogens is 286 g/mol. The van der Waals surface area contributed by atoms with Gasteiger partial charge in [0.1, 0.15) is 11.6 Å². The van der Waals surface area contributed by atoms with Gasteiger partial charge in [-0.2, -0.15) is 0 Å². The quantitative estimate of drug-likeness (QED) is 0.885. The molecule has 0 atom stereocenters.